The molecule has 8 rings (SSSR count). The van der Waals surface area contributed by atoms with Crippen LogP contribution in [0.25, 0.3) is 22.7 Å². The number of thiophene rings is 1. The van der Waals surface area contributed by atoms with Gasteiger partial charge in [-0.05, 0) is 65.3 Å². The maximum atomic E-state index is 14.2. The van der Waals surface area contributed by atoms with E-state index < -0.39 is 0 Å². The van der Waals surface area contributed by atoms with Gasteiger partial charge in [0.2, 0.25) is 0 Å². The Bertz CT molecular complexity index is 2240. The molecule has 0 N–H and O–H groups in total. The Morgan fingerprint density at radius 1 is 0.976 bits per heavy atom. The summed E-state index contributed by atoms with van der Waals surface area (Å²) in [6, 6.07) is 26.4. The Labute approximate surface area is 259 Å². The molecule has 0 saturated heterocycles. The van der Waals surface area contributed by atoms with Crippen molar-refractivity contribution in [1.29, 1.82) is 0 Å². The molecule has 1 unspecified atom stereocenters. The van der Waals surface area contributed by atoms with Crippen molar-refractivity contribution in [3.63, 3.8) is 0 Å². The molecule has 1 atom stereocenters. The number of hydrogen-bond acceptors (Lipinski definition) is 4. The molecule has 4 heterocycles. The van der Waals surface area contributed by atoms with Crippen LogP contribution in [0.15, 0.2) is 106 Å². The summed E-state index contributed by atoms with van der Waals surface area (Å²) < 4.78 is 4.77. The van der Waals surface area contributed by atoms with Gasteiger partial charge in [0.15, 0.2) is 4.80 Å². The first-order chi connectivity index (χ1) is 20.5. The molecule has 4 nitrogen and oxygen atoms in total. The molecule has 0 fully saturated rings. The predicted molar refractivity (Wildman–Crippen MR) is 175 cm³/mol. The average molecular weight is 625 g/mol. The first kappa shape index (κ1) is 26.0. The molecule has 0 saturated carbocycles. The fourth-order valence-electron chi connectivity index (χ4n) is 6.21. The van der Waals surface area contributed by atoms with Crippen molar-refractivity contribution in [2.75, 3.05) is 0 Å². The first-order valence-corrected chi connectivity index (χ1v) is 16.2. The minimum atomic E-state index is -0.139. The van der Waals surface area contributed by atoms with Gasteiger partial charge < -0.3 is 4.57 Å². The van der Waals surface area contributed by atoms with Gasteiger partial charge in [0.05, 0.1) is 16.3 Å². The normalized spacial score (nSPS) is 16.3. The number of allylic oxidation sites excluding steroid dienone is 1. The number of rotatable bonds is 4. The van der Waals surface area contributed by atoms with Crippen LogP contribution in [0.1, 0.15) is 39.6 Å². The summed E-state index contributed by atoms with van der Waals surface area (Å²) in [5.41, 5.74) is 7.80. The standard InChI is InChI=1S/C34H23Cl2N3OS2/c35-23-13-11-21(27(36)17-23)18-38-19-22(24-7-3-4-9-28(24)38)16-30-33(40)39-32(29-10-5-15-41-29)26-14-12-20-6-1-2-8-25(20)31(26)37-34(39)42-30/h1-11,13,15-17,19,32H,12,14,18H2. The molecule has 0 radical (unpaired) electrons. The van der Waals surface area contributed by atoms with E-state index in [1.165, 1.54) is 32.9 Å². The van der Waals surface area contributed by atoms with Gasteiger partial charge in [0, 0.05) is 49.7 Å². The van der Waals surface area contributed by atoms with Gasteiger partial charge in [-0.25, -0.2) is 4.99 Å². The molecule has 1 aliphatic carbocycles. The lowest BCUT2D eigenvalue weighted by atomic mass is 9.85. The predicted octanol–water partition coefficient (Wildman–Crippen LogP) is 7.69. The number of halogens is 2. The Morgan fingerprint density at radius 3 is 2.69 bits per heavy atom. The molecule has 0 spiro atoms. The quantitative estimate of drug-likeness (QED) is 0.198. The summed E-state index contributed by atoms with van der Waals surface area (Å²) in [7, 11) is 0. The molecular weight excluding hydrogens is 601 g/mol. The largest absolute Gasteiger partial charge is 0.342 e. The van der Waals surface area contributed by atoms with Crippen molar-refractivity contribution in [2.24, 2.45) is 4.99 Å². The second-order valence-electron chi connectivity index (χ2n) is 10.6. The minimum absolute atomic E-state index is 0.000125. The van der Waals surface area contributed by atoms with Crippen molar-refractivity contribution in [3.05, 3.63) is 153 Å². The lowest BCUT2D eigenvalue weighted by Crippen LogP contribution is -2.38. The number of fused-ring (bicyclic) bond motifs is 4. The number of para-hydroxylation sites is 1. The lowest BCUT2D eigenvalue weighted by molar-refractivity contribution is 0.593. The van der Waals surface area contributed by atoms with Crippen molar-refractivity contribution in [2.45, 2.75) is 25.4 Å². The third-order valence-corrected chi connectivity index (χ3v) is 10.6. The molecule has 3 aromatic heterocycles. The monoisotopic (exact) mass is 623 g/mol. The van der Waals surface area contributed by atoms with E-state index >= 15 is 0 Å². The Hall–Kier alpha value is -3.68. The number of aryl methyl sites for hydroxylation is 1. The van der Waals surface area contributed by atoms with E-state index in [1.807, 2.05) is 34.9 Å². The number of benzene rings is 3. The van der Waals surface area contributed by atoms with Crippen molar-refractivity contribution < 1.29 is 0 Å². The highest BCUT2D eigenvalue weighted by Crippen LogP contribution is 2.42. The van der Waals surface area contributed by atoms with Crippen LogP contribution in [0.2, 0.25) is 10.0 Å². The van der Waals surface area contributed by atoms with Crippen LogP contribution in [0.4, 0.5) is 0 Å². The van der Waals surface area contributed by atoms with Crippen molar-refractivity contribution in [3.8, 4) is 0 Å². The highest BCUT2D eigenvalue weighted by Gasteiger charge is 2.33. The number of nitrogens with zero attached hydrogens (tertiary/aromatic N) is 3. The third kappa shape index (κ3) is 4.24. The molecule has 2 aliphatic rings. The van der Waals surface area contributed by atoms with E-state index in [2.05, 4.69) is 64.7 Å². The summed E-state index contributed by atoms with van der Waals surface area (Å²) in [6.45, 7) is 0.593. The maximum absolute atomic E-state index is 14.2. The van der Waals surface area contributed by atoms with Crippen LogP contribution < -0.4 is 14.9 Å². The van der Waals surface area contributed by atoms with Gasteiger partial charge in [-0.15, -0.1) is 11.3 Å². The number of thiazole rings is 1. The molecular formula is C34H23Cl2N3OS2. The summed E-state index contributed by atoms with van der Waals surface area (Å²) in [4.78, 5) is 21.2. The van der Waals surface area contributed by atoms with E-state index in [4.69, 9.17) is 28.2 Å². The van der Waals surface area contributed by atoms with Crippen LogP contribution in [0.5, 0.6) is 0 Å². The Morgan fingerprint density at radius 2 is 1.83 bits per heavy atom. The van der Waals surface area contributed by atoms with Gasteiger partial charge in [-0.2, -0.15) is 0 Å². The number of aromatic nitrogens is 2. The fourth-order valence-corrected chi connectivity index (χ4v) is 8.52. The summed E-state index contributed by atoms with van der Waals surface area (Å²) in [5.74, 6) is 0. The maximum Gasteiger partial charge on any atom is 0.271 e. The van der Waals surface area contributed by atoms with Crippen molar-refractivity contribution >= 4 is 68.6 Å². The zero-order valence-electron chi connectivity index (χ0n) is 22.3. The molecule has 1 aliphatic heterocycles. The molecule has 3 aromatic carbocycles. The first-order valence-electron chi connectivity index (χ1n) is 13.7. The Kier molecular flexibility index (Phi) is 6.34. The zero-order valence-corrected chi connectivity index (χ0v) is 25.4. The highest BCUT2D eigenvalue weighted by molar-refractivity contribution is 7.10. The summed E-state index contributed by atoms with van der Waals surface area (Å²) >= 11 is 15.8. The number of hydrogen-bond donors (Lipinski definition) is 0. The fraction of sp³-hybridized carbons (Fsp3) is 0.118. The van der Waals surface area contributed by atoms with Crippen LogP contribution in [-0.4, -0.2) is 9.13 Å². The van der Waals surface area contributed by atoms with Gasteiger partial charge in [0.1, 0.15) is 0 Å². The average Bonchev–Trinajstić information content (AvgIpc) is 3.73. The van der Waals surface area contributed by atoms with Crippen LogP contribution >= 0.6 is 45.9 Å². The molecule has 0 bridgehead atoms. The SMILES string of the molecule is O=c1c(=Cc2cn(Cc3ccc(Cl)cc3Cl)c3ccccc23)sc2n1C(c1cccs1)C1=C(N=2)c2ccccc2CC1. The molecule has 42 heavy (non-hydrogen) atoms. The van der Waals surface area contributed by atoms with Crippen LogP contribution in [0, 0.1) is 0 Å². The van der Waals surface area contributed by atoms with Gasteiger partial charge >= 0.3 is 0 Å². The molecule has 8 heteroatoms. The molecule has 0 amide bonds. The van der Waals surface area contributed by atoms with Crippen LogP contribution in [0.3, 0.4) is 0 Å². The second kappa shape index (κ2) is 10.2. The third-order valence-electron chi connectivity index (χ3n) is 8.15. The lowest BCUT2D eigenvalue weighted by Gasteiger charge is -2.30. The van der Waals surface area contributed by atoms with Crippen LogP contribution in [-0.2, 0) is 13.0 Å². The highest BCUT2D eigenvalue weighted by atomic mass is 35.5. The van der Waals surface area contributed by atoms with E-state index in [-0.39, 0.29) is 11.6 Å². The van der Waals surface area contributed by atoms with E-state index in [0.717, 1.165) is 45.4 Å². The zero-order chi connectivity index (χ0) is 28.4. The summed E-state index contributed by atoms with van der Waals surface area (Å²) in [5, 5.41) is 4.41. The molecule has 6 aromatic rings. The van der Waals surface area contributed by atoms with Gasteiger partial charge in [0.25, 0.3) is 5.56 Å². The smallest absolute Gasteiger partial charge is 0.271 e. The van der Waals surface area contributed by atoms with Crippen molar-refractivity contribution in [1.82, 2.24) is 9.13 Å². The van der Waals surface area contributed by atoms with Gasteiger partial charge in [-0.1, -0.05) is 89.1 Å². The minimum Gasteiger partial charge on any atom is -0.342 e. The van der Waals surface area contributed by atoms with E-state index in [0.29, 0.717) is 21.1 Å². The Balaban J connectivity index is 1.30. The topological polar surface area (TPSA) is 39.3 Å². The molecule has 206 valence electrons. The second-order valence-corrected chi connectivity index (χ2v) is 13.4. The van der Waals surface area contributed by atoms with Gasteiger partial charge in [-0.3, -0.25) is 9.36 Å². The van der Waals surface area contributed by atoms with E-state index in [1.54, 1.807) is 17.4 Å². The summed E-state index contributed by atoms with van der Waals surface area (Å²) in [6.07, 6.45) is 5.97. The van der Waals surface area contributed by atoms with E-state index in [9.17, 15) is 4.79 Å².